The van der Waals surface area contributed by atoms with E-state index in [0.717, 1.165) is 47.8 Å². The smallest absolute Gasteiger partial charge is 0.162 e. The summed E-state index contributed by atoms with van der Waals surface area (Å²) >= 11 is 0. The van der Waals surface area contributed by atoms with Crippen molar-refractivity contribution in [3.63, 3.8) is 0 Å². The minimum Gasteiger partial charge on any atom is -0.493 e. The first kappa shape index (κ1) is 14.9. The lowest BCUT2D eigenvalue weighted by molar-refractivity contribution is 0.101. The third-order valence-corrected chi connectivity index (χ3v) is 4.10. The lowest BCUT2D eigenvalue weighted by Gasteiger charge is -2.11. The van der Waals surface area contributed by atoms with Gasteiger partial charge in [-0.1, -0.05) is 12.1 Å². The quantitative estimate of drug-likeness (QED) is 0.858. The van der Waals surface area contributed by atoms with Gasteiger partial charge in [0.05, 0.1) is 13.2 Å². The zero-order chi connectivity index (χ0) is 15.5. The Bertz CT molecular complexity index is 651. The molecule has 1 aromatic carbocycles. The van der Waals surface area contributed by atoms with E-state index in [0.29, 0.717) is 12.5 Å². The Morgan fingerprint density at radius 2 is 2.14 bits per heavy atom. The number of aromatic nitrogens is 1. The van der Waals surface area contributed by atoms with Crippen molar-refractivity contribution in [3.05, 3.63) is 41.7 Å². The van der Waals surface area contributed by atoms with Crippen LogP contribution in [0.15, 0.2) is 30.5 Å². The Labute approximate surface area is 130 Å². The molecular weight excluding hydrogens is 278 g/mol. The van der Waals surface area contributed by atoms with Crippen LogP contribution >= 0.6 is 0 Å². The monoisotopic (exact) mass is 299 g/mol. The van der Waals surface area contributed by atoms with Crippen LogP contribution in [0.5, 0.6) is 5.75 Å². The summed E-state index contributed by atoms with van der Waals surface area (Å²) in [5.74, 6) is 1.43. The molecule has 1 unspecified atom stereocenters. The molecule has 2 heterocycles. The fourth-order valence-electron chi connectivity index (χ4n) is 2.87. The number of hydrogen-bond donors (Lipinski definition) is 1. The zero-order valence-electron chi connectivity index (χ0n) is 13.0. The van der Waals surface area contributed by atoms with Crippen molar-refractivity contribution >= 4 is 5.78 Å². The van der Waals surface area contributed by atoms with E-state index in [1.165, 1.54) is 0 Å². The third-order valence-electron chi connectivity index (χ3n) is 4.10. The summed E-state index contributed by atoms with van der Waals surface area (Å²) in [6.07, 6.45) is 2.96. The SMILES string of the molecule is CC(=O)c1c(-c2ccc(OCC3CCOC3)cc2)c[nH]c1C. The van der Waals surface area contributed by atoms with Crippen LogP contribution in [0.2, 0.25) is 0 Å². The van der Waals surface area contributed by atoms with Gasteiger partial charge in [-0.15, -0.1) is 0 Å². The molecule has 0 aliphatic carbocycles. The average Bonchev–Trinajstić information content (AvgIpc) is 3.15. The Morgan fingerprint density at radius 3 is 2.77 bits per heavy atom. The number of carbonyl (C=O) groups excluding carboxylic acids is 1. The summed E-state index contributed by atoms with van der Waals surface area (Å²) in [6.45, 7) is 5.85. The highest BCUT2D eigenvalue weighted by atomic mass is 16.5. The topological polar surface area (TPSA) is 51.3 Å². The van der Waals surface area contributed by atoms with Gasteiger partial charge in [0.1, 0.15) is 5.75 Å². The number of carbonyl (C=O) groups is 1. The molecule has 3 rings (SSSR count). The molecule has 4 nitrogen and oxygen atoms in total. The maximum absolute atomic E-state index is 11.8. The molecular formula is C18H21NO3. The summed E-state index contributed by atoms with van der Waals surface area (Å²) in [4.78, 5) is 14.9. The minimum absolute atomic E-state index is 0.0790. The van der Waals surface area contributed by atoms with E-state index in [9.17, 15) is 4.79 Å². The summed E-state index contributed by atoms with van der Waals surface area (Å²) < 4.78 is 11.2. The highest BCUT2D eigenvalue weighted by Gasteiger charge is 2.17. The highest BCUT2D eigenvalue weighted by Crippen LogP contribution is 2.28. The highest BCUT2D eigenvalue weighted by molar-refractivity contribution is 6.02. The molecule has 4 heteroatoms. The van der Waals surface area contributed by atoms with Crippen molar-refractivity contribution in [3.8, 4) is 16.9 Å². The van der Waals surface area contributed by atoms with Crippen LogP contribution in [-0.4, -0.2) is 30.6 Å². The maximum Gasteiger partial charge on any atom is 0.162 e. The van der Waals surface area contributed by atoms with Crippen LogP contribution in [0.1, 0.15) is 29.4 Å². The maximum atomic E-state index is 11.8. The number of nitrogens with one attached hydrogen (secondary N) is 1. The fraction of sp³-hybridized carbons (Fsp3) is 0.389. The molecule has 1 aromatic heterocycles. The second kappa shape index (κ2) is 6.36. The largest absolute Gasteiger partial charge is 0.493 e. The molecule has 0 bridgehead atoms. The van der Waals surface area contributed by atoms with E-state index < -0.39 is 0 Å². The molecule has 1 atom stereocenters. The third kappa shape index (κ3) is 3.07. The molecule has 0 amide bonds. The van der Waals surface area contributed by atoms with Gasteiger partial charge in [-0.2, -0.15) is 0 Å². The summed E-state index contributed by atoms with van der Waals surface area (Å²) in [5.41, 5.74) is 3.63. The van der Waals surface area contributed by atoms with Crippen molar-refractivity contribution in [2.45, 2.75) is 20.3 Å². The summed E-state index contributed by atoms with van der Waals surface area (Å²) in [6, 6.07) is 7.90. The van der Waals surface area contributed by atoms with Gasteiger partial charge in [0.2, 0.25) is 0 Å². The van der Waals surface area contributed by atoms with E-state index >= 15 is 0 Å². The van der Waals surface area contributed by atoms with E-state index in [-0.39, 0.29) is 5.78 Å². The van der Waals surface area contributed by atoms with Gasteiger partial charge in [0.15, 0.2) is 5.78 Å². The first-order valence-electron chi connectivity index (χ1n) is 7.65. The van der Waals surface area contributed by atoms with Crippen LogP contribution in [0.4, 0.5) is 0 Å². The zero-order valence-corrected chi connectivity index (χ0v) is 13.0. The Balaban J connectivity index is 1.72. The van der Waals surface area contributed by atoms with Crippen molar-refractivity contribution < 1.29 is 14.3 Å². The van der Waals surface area contributed by atoms with Gasteiger partial charge in [0, 0.05) is 35.5 Å². The number of benzene rings is 1. The first-order valence-corrected chi connectivity index (χ1v) is 7.65. The minimum atomic E-state index is 0.0790. The van der Waals surface area contributed by atoms with Gasteiger partial charge < -0.3 is 14.5 Å². The number of Topliss-reactive ketones (excluding diaryl/α,β-unsaturated/α-hetero) is 1. The molecule has 0 radical (unpaired) electrons. The lowest BCUT2D eigenvalue weighted by atomic mass is 10.0. The number of aromatic amines is 1. The Kier molecular flexibility index (Phi) is 4.29. The number of ketones is 1. The van der Waals surface area contributed by atoms with Crippen molar-refractivity contribution in [1.29, 1.82) is 0 Å². The van der Waals surface area contributed by atoms with E-state index in [2.05, 4.69) is 4.98 Å². The van der Waals surface area contributed by atoms with Crippen LogP contribution in [-0.2, 0) is 4.74 Å². The molecule has 1 aliphatic rings. The molecule has 116 valence electrons. The standard InChI is InChI=1S/C18H21NO3/c1-12-18(13(2)20)17(9-19-12)15-3-5-16(6-4-15)22-11-14-7-8-21-10-14/h3-6,9,14,19H,7-8,10-11H2,1-2H3. The van der Waals surface area contributed by atoms with E-state index in [1.54, 1.807) is 6.92 Å². The number of ether oxygens (including phenoxy) is 2. The van der Waals surface area contributed by atoms with Gasteiger partial charge >= 0.3 is 0 Å². The molecule has 1 fully saturated rings. The van der Waals surface area contributed by atoms with E-state index in [1.807, 2.05) is 37.4 Å². The van der Waals surface area contributed by atoms with Gasteiger partial charge in [0.25, 0.3) is 0 Å². The Morgan fingerprint density at radius 1 is 1.36 bits per heavy atom. The van der Waals surface area contributed by atoms with Gasteiger partial charge in [-0.3, -0.25) is 4.79 Å². The van der Waals surface area contributed by atoms with Crippen LogP contribution in [0.25, 0.3) is 11.1 Å². The number of H-pyrrole nitrogens is 1. The number of hydrogen-bond acceptors (Lipinski definition) is 3. The second-order valence-electron chi connectivity index (χ2n) is 5.82. The predicted octanol–water partition coefficient (Wildman–Crippen LogP) is 3.61. The molecule has 0 spiro atoms. The molecule has 0 saturated carbocycles. The lowest BCUT2D eigenvalue weighted by Crippen LogP contribution is -2.11. The number of aryl methyl sites for hydroxylation is 1. The predicted molar refractivity (Wildman–Crippen MR) is 85.4 cm³/mol. The normalized spacial score (nSPS) is 17.6. The molecule has 1 aliphatic heterocycles. The van der Waals surface area contributed by atoms with Gasteiger partial charge in [-0.05, 0) is 38.0 Å². The number of rotatable bonds is 5. The average molecular weight is 299 g/mol. The molecule has 1 N–H and O–H groups in total. The molecule has 22 heavy (non-hydrogen) atoms. The van der Waals surface area contributed by atoms with Crippen molar-refractivity contribution in [2.75, 3.05) is 19.8 Å². The molecule has 2 aromatic rings. The van der Waals surface area contributed by atoms with Crippen LogP contribution in [0.3, 0.4) is 0 Å². The Hall–Kier alpha value is -2.07. The van der Waals surface area contributed by atoms with E-state index in [4.69, 9.17) is 9.47 Å². The van der Waals surface area contributed by atoms with Gasteiger partial charge in [-0.25, -0.2) is 0 Å². The van der Waals surface area contributed by atoms with Crippen LogP contribution < -0.4 is 4.74 Å². The first-order chi connectivity index (χ1) is 10.6. The van der Waals surface area contributed by atoms with Crippen molar-refractivity contribution in [1.82, 2.24) is 4.98 Å². The summed E-state index contributed by atoms with van der Waals surface area (Å²) in [7, 11) is 0. The molecule has 1 saturated heterocycles. The summed E-state index contributed by atoms with van der Waals surface area (Å²) in [5, 5.41) is 0. The fourth-order valence-corrected chi connectivity index (χ4v) is 2.87. The second-order valence-corrected chi connectivity index (χ2v) is 5.82. The van der Waals surface area contributed by atoms with Crippen LogP contribution in [0, 0.1) is 12.8 Å². The van der Waals surface area contributed by atoms with Crippen molar-refractivity contribution in [2.24, 2.45) is 5.92 Å².